The Morgan fingerprint density at radius 1 is 1.07 bits per heavy atom. The van der Waals surface area contributed by atoms with Crippen molar-refractivity contribution in [3.8, 4) is 0 Å². The molecule has 1 atom stereocenters. The van der Waals surface area contributed by atoms with Crippen LogP contribution in [0.2, 0.25) is 0 Å². The molecule has 9 heteroatoms. The highest BCUT2D eigenvalue weighted by molar-refractivity contribution is 6.09. The minimum absolute atomic E-state index is 0.0170. The SMILES string of the molecule is C=CCOC(=O)/N=C(\c1ccccc1)[C@@H](C)N(NC(=O)OC(C)C)C(=O)OC(C)C. The van der Waals surface area contributed by atoms with E-state index in [0.29, 0.717) is 5.56 Å². The second-order valence-corrected chi connectivity index (χ2v) is 6.77. The van der Waals surface area contributed by atoms with E-state index in [9.17, 15) is 14.4 Å². The number of rotatable bonds is 7. The van der Waals surface area contributed by atoms with Gasteiger partial charge in [0.1, 0.15) is 6.61 Å². The first-order valence-electron chi connectivity index (χ1n) is 9.54. The number of hydrazine groups is 1. The van der Waals surface area contributed by atoms with Gasteiger partial charge in [-0.1, -0.05) is 43.0 Å². The summed E-state index contributed by atoms with van der Waals surface area (Å²) in [4.78, 5) is 40.9. The van der Waals surface area contributed by atoms with Crippen LogP contribution in [-0.2, 0) is 14.2 Å². The van der Waals surface area contributed by atoms with Gasteiger partial charge >= 0.3 is 18.3 Å². The molecule has 0 aromatic heterocycles. The van der Waals surface area contributed by atoms with Crippen LogP contribution in [0.5, 0.6) is 0 Å². The minimum Gasteiger partial charge on any atom is -0.446 e. The summed E-state index contributed by atoms with van der Waals surface area (Å²) in [6, 6.07) is 7.84. The number of aliphatic imine (C=N–C) groups is 1. The molecule has 0 spiro atoms. The molecular weight excluding hydrogens is 390 g/mol. The molecule has 0 unspecified atom stereocenters. The zero-order valence-corrected chi connectivity index (χ0v) is 18.0. The molecule has 1 aromatic rings. The molecule has 164 valence electrons. The number of benzene rings is 1. The summed E-state index contributed by atoms with van der Waals surface area (Å²) in [5.74, 6) is 0. The lowest BCUT2D eigenvalue weighted by Crippen LogP contribution is -2.55. The van der Waals surface area contributed by atoms with Crippen molar-refractivity contribution in [2.24, 2.45) is 4.99 Å². The predicted octanol–water partition coefficient (Wildman–Crippen LogP) is 4.08. The lowest BCUT2D eigenvalue weighted by molar-refractivity contribution is 0.0426. The standard InChI is InChI=1S/C21H29N3O6/c1-7-13-28-19(25)22-18(17-11-9-8-10-12-17)16(6)24(21(27)30-15(4)5)23-20(26)29-14(2)3/h7-12,14-16H,1,13H2,2-6H3,(H,23,26)/b22-18-/t16-/m1/s1. The monoisotopic (exact) mass is 419 g/mol. The van der Waals surface area contributed by atoms with Crippen LogP contribution in [0, 0.1) is 0 Å². The Bertz CT molecular complexity index is 761. The number of amides is 3. The highest BCUT2D eigenvalue weighted by Gasteiger charge is 2.30. The number of ether oxygens (including phenoxy) is 3. The average molecular weight is 419 g/mol. The zero-order valence-electron chi connectivity index (χ0n) is 18.0. The molecule has 0 radical (unpaired) electrons. The highest BCUT2D eigenvalue weighted by atomic mass is 16.6. The van der Waals surface area contributed by atoms with E-state index in [1.165, 1.54) is 6.08 Å². The quantitative estimate of drug-likeness (QED) is 0.309. The topological polar surface area (TPSA) is 107 Å². The molecule has 30 heavy (non-hydrogen) atoms. The van der Waals surface area contributed by atoms with Crippen molar-refractivity contribution in [1.29, 1.82) is 0 Å². The van der Waals surface area contributed by atoms with Crippen LogP contribution in [0.15, 0.2) is 48.0 Å². The number of nitrogens with zero attached hydrogens (tertiary/aromatic N) is 2. The van der Waals surface area contributed by atoms with E-state index in [0.717, 1.165) is 5.01 Å². The lowest BCUT2D eigenvalue weighted by Gasteiger charge is -2.30. The highest BCUT2D eigenvalue weighted by Crippen LogP contribution is 2.13. The Labute approximate surface area is 176 Å². The summed E-state index contributed by atoms with van der Waals surface area (Å²) in [5.41, 5.74) is 3.12. The summed E-state index contributed by atoms with van der Waals surface area (Å²) in [5, 5.41) is 0.928. The third kappa shape index (κ3) is 8.34. The maximum absolute atomic E-state index is 12.7. The molecule has 0 heterocycles. The van der Waals surface area contributed by atoms with E-state index in [2.05, 4.69) is 17.0 Å². The van der Waals surface area contributed by atoms with Crippen molar-refractivity contribution in [3.05, 3.63) is 48.6 Å². The van der Waals surface area contributed by atoms with E-state index in [4.69, 9.17) is 14.2 Å². The molecule has 0 aliphatic heterocycles. The van der Waals surface area contributed by atoms with E-state index in [1.54, 1.807) is 65.0 Å². The molecule has 3 amide bonds. The second-order valence-electron chi connectivity index (χ2n) is 6.77. The van der Waals surface area contributed by atoms with Gasteiger partial charge < -0.3 is 14.2 Å². The van der Waals surface area contributed by atoms with Gasteiger partial charge in [-0.3, -0.25) is 0 Å². The fourth-order valence-corrected chi connectivity index (χ4v) is 2.29. The smallest absolute Gasteiger partial charge is 0.434 e. The van der Waals surface area contributed by atoms with E-state index >= 15 is 0 Å². The summed E-state index contributed by atoms with van der Waals surface area (Å²) in [6.45, 7) is 11.7. The van der Waals surface area contributed by atoms with Crippen LogP contribution in [0.1, 0.15) is 40.2 Å². The Morgan fingerprint density at radius 3 is 2.20 bits per heavy atom. The molecule has 0 aliphatic carbocycles. The molecule has 0 saturated carbocycles. The number of hydrogen-bond donors (Lipinski definition) is 1. The molecule has 0 fully saturated rings. The Balaban J connectivity index is 3.31. The normalized spacial score (nSPS) is 12.2. The summed E-state index contributed by atoms with van der Waals surface area (Å²) in [7, 11) is 0. The second kappa shape index (κ2) is 12.3. The molecule has 1 N–H and O–H groups in total. The maximum Gasteiger partial charge on any atom is 0.434 e. The first kappa shape index (κ1) is 24.7. The molecule has 0 saturated heterocycles. The summed E-state index contributed by atoms with van der Waals surface area (Å²) in [6.07, 6.45) is -1.97. The van der Waals surface area contributed by atoms with E-state index in [1.807, 2.05) is 0 Å². The average Bonchev–Trinajstić information content (AvgIpc) is 2.67. The first-order valence-corrected chi connectivity index (χ1v) is 9.54. The molecular formula is C21H29N3O6. The van der Waals surface area contributed by atoms with E-state index < -0.39 is 36.5 Å². The van der Waals surface area contributed by atoms with Crippen LogP contribution >= 0.6 is 0 Å². The maximum atomic E-state index is 12.7. The van der Waals surface area contributed by atoms with Gasteiger partial charge in [-0.05, 0) is 40.2 Å². The van der Waals surface area contributed by atoms with E-state index in [-0.39, 0.29) is 12.3 Å². The molecule has 0 bridgehead atoms. The van der Waals surface area contributed by atoms with Crippen LogP contribution in [-0.4, -0.2) is 53.9 Å². The number of carbonyl (C=O) groups is 3. The van der Waals surface area contributed by atoms with Gasteiger partial charge in [-0.2, -0.15) is 4.99 Å². The molecule has 9 nitrogen and oxygen atoms in total. The number of carbonyl (C=O) groups excluding carboxylic acids is 3. The van der Waals surface area contributed by atoms with Gasteiger partial charge in [0.25, 0.3) is 0 Å². The van der Waals surface area contributed by atoms with Gasteiger partial charge in [0.05, 0.1) is 24.0 Å². The van der Waals surface area contributed by atoms with Gasteiger partial charge in [-0.25, -0.2) is 24.8 Å². The Hall–Kier alpha value is -3.36. The van der Waals surface area contributed by atoms with Gasteiger partial charge in [0, 0.05) is 0 Å². The molecule has 1 aromatic carbocycles. The van der Waals surface area contributed by atoms with Gasteiger partial charge in [-0.15, -0.1) is 0 Å². The van der Waals surface area contributed by atoms with Crippen molar-refractivity contribution in [2.75, 3.05) is 6.61 Å². The first-order chi connectivity index (χ1) is 14.1. The van der Waals surface area contributed by atoms with Crippen molar-refractivity contribution >= 4 is 24.0 Å². The molecule has 0 aliphatic rings. The largest absolute Gasteiger partial charge is 0.446 e. The Kier molecular flexibility index (Phi) is 10.1. The number of hydrogen-bond acceptors (Lipinski definition) is 6. The van der Waals surface area contributed by atoms with Crippen LogP contribution in [0.25, 0.3) is 0 Å². The predicted molar refractivity (Wildman–Crippen MR) is 112 cm³/mol. The zero-order chi connectivity index (χ0) is 22.7. The summed E-state index contributed by atoms with van der Waals surface area (Å²) < 4.78 is 15.2. The fraction of sp³-hybridized carbons (Fsp3) is 0.429. The van der Waals surface area contributed by atoms with Crippen LogP contribution in [0.3, 0.4) is 0 Å². The third-order valence-corrected chi connectivity index (χ3v) is 3.48. The van der Waals surface area contributed by atoms with Gasteiger partial charge in [0.2, 0.25) is 0 Å². The third-order valence-electron chi connectivity index (χ3n) is 3.48. The Morgan fingerprint density at radius 2 is 1.67 bits per heavy atom. The molecule has 1 rings (SSSR count). The van der Waals surface area contributed by atoms with Crippen molar-refractivity contribution in [3.63, 3.8) is 0 Å². The summed E-state index contributed by atoms with van der Waals surface area (Å²) >= 11 is 0. The minimum atomic E-state index is -0.894. The number of nitrogens with one attached hydrogen (secondary N) is 1. The fourth-order valence-electron chi connectivity index (χ4n) is 2.29. The van der Waals surface area contributed by atoms with Gasteiger partial charge in [0.15, 0.2) is 0 Å². The van der Waals surface area contributed by atoms with Crippen molar-refractivity contribution < 1.29 is 28.6 Å². The van der Waals surface area contributed by atoms with Crippen molar-refractivity contribution in [2.45, 2.75) is 52.9 Å². The van der Waals surface area contributed by atoms with Crippen LogP contribution in [0.4, 0.5) is 14.4 Å². The lowest BCUT2D eigenvalue weighted by atomic mass is 10.0. The van der Waals surface area contributed by atoms with Crippen molar-refractivity contribution in [1.82, 2.24) is 10.4 Å². The van der Waals surface area contributed by atoms with Crippen LogP contribution < -0.4 is 5.43 Å².